The van der Waals surface area contributed by atoms with Crippen molar-refractivity contribution in [3.05, 3.63) is 18.5 Å². The molecule has 0 spiro atoms. The van der Waals surface area contributed by atoms with Crippen LogP contribution in [0.2, 0.25) is 0 Å². The van der Waals surface area contributed by atoms with Crippen molar-refractivity contribution in [1.82, 2.24) is 20.4 Å². The molecule has 6 nitrogen and oxygen atoms in total. The van der Waals surface area contributed by atoms with Gasteiger partial charge < -0.3 is 15.7 Å². The highest BCUT2D eigenvalue weighted by Crippen LogP contribution is 2.42. The summed E-state index contributed by atoms with van der Waals surface area (Å²) in [6.45, 7) is 6.95. The fraction of sp³-hybridized carbons (Fsp3) is 0.765. The molecule has 0 radical (unpaired) electrons. The molecule has 0 aliphatic heterocycles. The summed E-state index contributed by atoms with van der Waals surface area (Å²) in [6.07, 6.45) is 7.83. The molecule has 1 saturated carbocycles. The van der Waals surface area contributed by atoms with Crippen LogP contribution >= 0.6 is 0 Å². The number of aromatic nitrogens is 2. The molecule has 1 fully saturated rings. The molecule has 0 saturated heterocycles. The smallest absolute Gasteiger partial charge is 0.315 e. The number of aliphatic hydroxyl groups excluding tert-OH is 1. The molecular weight excluding hydrogens is 292 g/mol. The third-order valence-electron chi connectivity index (χ3n) is 4.92. The molecule has 3 N–H and O–H groups in total. The van der Waals surface area contributed by atoms with Gasteiger partial charge in [-0.2, -0.15) is 5.10 Å². The van der Waals surface area contributed by atoms with E-state index in [1.807, 2.05) is 19.2 Å². The molecule has 2 atom stereocenters. The highest BCUT2D eigenvalue weighted by Gasteiger charge is 2.43. The van der Waals surface area contributed by atoms with E-state index in [1.165, 1.54) is 0 Å². The number of amides is 2. The second-order valence-corrected chi connectivity index (χ2v) is 7.20. The van der Waals surface area contributed by atoms with Crippen molar-refractivity contribution in [3.63, 3.8) is 0 Å². The van der Waals surface area contributed by atoms with Crippen molar-refractivity contribution in [2.45, 2.75) is 65.1 Å². The molecule has 6 heteroatoms. The zero-order chi connectivity index (χ0) is 16.9. The van der Waals surface area contributed by atoms with Crippen molar-refractivity contribution >= 4 is 6.03 Å². The fourth-order valence-electron chi connectivity index (χ4n) is 3.81. The van der Waals surface area contributed by atoms with Crippen molar-refractivity contribution < 1.29 is 9.90 Å². The van der Waals surface area contributed by atoms with Gasteiger partial charge in [0.1, 0.15) is 0 Å². The third kappa shape index (κ3) is 4.47. The number of urea groups is 1. The molecule has 2 unspecified atom stereocenters. The van der Waals surface area contributed by atoms with Gasteiger partial charge in [0.2, 0.25) is 0 Å². The van der Waals surface area contributed by atoms with Gasteiger partial charge in [-0.05, 0) is 31.7 Å². The molecule has 1 heterocycles. The van der Waals surface area contributed by atoms with Gasteiger partial charge in [-0.15, -0.1) is 0 Å². The Hall–Kier alpha value is -1.56. The second-order valence-electron chi connectivity index (χ2n) is 7.20. The molecular formula is C17H30N4O2. The van der Waals surface area contributed by atoms with Crippen molar-refractivity contribution in [1.29, 1.82) is 0 Å². The maximum atomic E-state index is 12.4. The van der Waals surface area contributed by atoms with Gasteiger partial charge >= 0.3 is 6.03 Å². The number of nitrogens with zero attached hydrogens (tertiary/aromatic N) is 2. The predicted octanol–water partition coefficient (Wildman–Crippen LogP) is 2.15. The minimum Gasteiger partial charge on any atom is -0.396 e. The van der Waals surface area contributed by atoms with E-state index in [2.05, 4.69) is 29.6 Å². The monoisotopic (exact) mass is 322 g/mol. The van der Waals surface area contributed by atoms with Crippen LogP contribution in [0.1, 0.15) is 46.5 Å². The quantitative estimate of drug-likeness (QED) is 0.719. The number of rotatable bonds is 7. The van der Waals surface area contributed by atoms with Gasteiger partial charge in [-0.3, -0.25) is 4.68 Å². The summed E-state index contributed by atoms with van der Waals surface area (Å²) in [5.41, 5.74) is -0.170. The molecule has 1 aromatic heterocycles. The first kappa shape index (κ1) is 17.8. The molecule has 0 aromatic carbocycles. The van der Waals surface area contributed by atoms with E-state index in [-0.39, 0.29) is 36.1 Å². The lowest BCUT2D eigenvalue weighted by Crippen LogP contribution is -2.55. The van der Waals surface area contributed by atoms with Gasteiger partial charge in [0.05, 0.1) is 13.2 Å². The maximum absolute atomic E-state index is 12.4. The van der Waals surface area contributed by atoms with Crippen LogP contribution in [-0.4, -0.2) is 39.6 Å². The first-order chi connectivity index (χ1) is 11.0. The normalized spacial score (nSPS) is 19.5. The Kier molecular flexibility index (Phi) is 6.04. The summed E-state index contributed by atoms with van der Waals surface area (Å²) in [4.78, 5) is 12.4. The van der Waals surface area contributed by atoms with E-state index >= 15 is 0 Å². The molecule has 2 amide bonds. The first-order valence-electron chi connectivity index (χ1n) is 8.62. The number of carbonyl (C=O) groups excluding carboxylic acids is 1. The first-order valence-corrected chi connectivity index (χ1v) is 8.62. The second kappa shape index (κ2) is 7.81. The van der Waals surface area contributed by atoms with Crippen molar-refractivity contribution in [2.75, 3.05) is 6.61 Å². The Balaban J connectivity index is 1.92. The van der Waals surface area contributed by atoms with E-state index in [4.69, 9.17) is 0 Å². The van der Waals surface area contributed by atoms with Crippen LogP contribution in [0.5, 0.6) is 0 Å². The lowest BCUT2D eigenvalue weighted by Gasteiger charge is -2.39. The van der Waals surface area contributed by atoms with E-state index < -0.39 is 0 Å². The van der Waals surface area contributed by atoms with E-state index in [9.17, 15) is 9.90 Å². The highest BCUT2D eigenvalue weighted by molar-refractivity contribution is 5.74. The van der Waals surface area contributed by atoms with Crippen molar-refractivity contribution in [3.8, 4) is 0 Å². The Labute approximate surface area is 138 Å². The standard InChI is InChI=1S/C17H30N4O2/c1-13(2)15(17(12-22)7-4-5-8-17)20-16(23)19-14(3)11-21-10-6-9-18-21/h6,9-10,13-15,22H,4-5,7-8,11-12H2,1-3H3,(H2,19,20,23). The largest absolute Gasteiger partial charge is 0.396 e. The lowest BCUT2D eigenvalue weighted by atomic mass is 9.74. The average Bonchev–Trinajstić information content (AvgIpc) is 3.16. The average molecular weight is 322 g/mol. The van der Waals surface area contributed by atoms with Crippen LogP contribution < -0.4 is 10.6 Å². The lowest BCUT2D eigenvalue weighted by molar-refractivity contribution is 0.0699. The number of hydrogen-bond donors (Lipinski definition) is 3. The van der Waals surface area contributed by atoms with Gasteiger partial charge in [-0.25, -0.2) is 4.79 Å². The van der Waals surface area contributed by atoms with Gasteiger partial charge in [0, 0.05) is 29.9 Å². The molecule has 23 heavy (non-hydrogen) atoms. The van der Waals surface area contributed by atoms with Gasteiger partial charge in [0.25, 0.3) is 0 Å². The van der Waals surface area contributed by atoms with Crippen LogP contribution in [0.4, 0.5) is 4.79 Å². The van der Waals surface area contributed by atoms with Gasteiger partial charge in [0.15, 0.2) is 0 Å². The summed E-state index contributed by atoms with van der Waals surface area (Å²) >= 11 is 0. The Bertz CT molecular complexity index is 481. The minimum atomic E-state index is -0.170. The number of carbonyl (C=O) groups is 1. The van der Waals surface area contributed by atoms with E-state index in [0.29, 0.717) is 6.54 Å². The fourth-order valence-corrected chi connectivity index (χ4v) is 3.81. The van der Waals surface area contributed by atoms with Crippen LogP contribution in [0, 0.1) is 11.3 Å². The number of nitrogens with one attached hydrogen (secondary N) is 2. The maximum Gasteiger partial charge on any atom is 0.315 e. The van der Waals surface area contributed by atoms with Crippen LogP contribution in [0.3, 0.4) is 0 Å². The Morgan fingerprint density at radius 3 is 2.52 bits per heavy atom. The summed E-state index contributed by atoms with van der Waals surface area (Å²) < 4.78 is 1.80. The Morgan fingerprint density at radius 2 is 2.00 bits per heavy atom. The van der Waals surface area contributed by atoms with Gasteiger partial charge in [-0.1, -0.05) is 26.7 Å². The molecule has 1 aromatic rings. The molecule has 0 bridgehead atoms. The summed E-state index contributed by atoms with van der Waals surface area (Å²) in [5, 5.41) is 20.2. The molecule has 1 aliphatic carbocycles. The van der Waals surface area contributed by atoms with E-state index in [0.717, 1.165) is 25.7 Å². The molecule has 1 aliphatic rings. The van der Waals surface area contributed by atoms with Crippen molar-refractivity contribution in [2.24, 2.45) is 11.3 Å². The SMILES string of the molecule is CC(Cn1cccn1)NC(=O)NC(C(C)C)C1(CO)CCCC1. The zero-order valence-corrected chi connectivity index (χ0v) is 14.5. The summed E-state index contributed by atoms with van der Waals surface area (Å²) in [5.74, 6) is 0.285. The predicted molar refractivity (Wildman–Crippen MR) is 90.0 cm³/mol. The Morgan fingerprint density at radius 1 is 1.30 bits per heavy atom. The summed E-state index contributed by atoms with van der Waals surface area (Å²) in [7, 11) is 0. The molecule has 130 valence electrons. The van der Waals surface area contributed by atoms with Crippen LogP contribution in [0.25, 0.3) is 0 Å². The minimum absolute atomic E-state index is 0.00750. The number of hydrogen-bond acceptors (Lipinski definition) is 3. The van der Waals surface area contributed by atoms with E-state index in [1.54, 1.807) is 10.9 Å². The molecule has 2 rings (SSSR count). The topological polar surface area (TPSA) is 79.2 Å². The van der Waals surface area contributed by atoms with Crippen LogP contribution in [0.15, 0.2) is 18.5 Å². The highest BCUT2D eigenvalue weighted by atomic mass is 16.3. The zero-order valence-electron chi connectivity index (χ0n) is 14.5. The third-order valence-corrected chi connectivity index (χ3v) is 4.92. The van der Waals surface area contributed by atoms with Crippen LogP contribution in [-0.2, 0) is 6.54 Å². The summed E-state index contributed by atoms with van der Waals surface area (Å²) in [6, 6.07) is 1.68. The number of aliphatic hydroxyl groups is 1.